The first-order valence-corrected chi connectivity index (χ1v) is 6.25. The second-order valence-corrected chi connectivity index (χ2v) is 4.14. The monoisotopic (exact) mass is 255 g/mol. The Bertz CT molecular complexity index is 355. The van der Waals surface area contributed by atoms with E-state index in [1.54, 1.807) is 0 Å². The van der Waals surface area contributed by atoms with Crippen LogP contribution in [-0.2, 0) is 6.42 Å². The standard InChI is InChI=1S/C13H18ClNO2/c1-2-3-9-17-12-6-4-5-11(10-12)7-8-15-13(14)16/h4-6,10H,2-3,7-9H2,1H3,(H,15,16). The summed E-state index contributed by atoms with van der Waals surface area (Å²) in [6.07, 6.45) is 2.94. The molecular formula is C13H18ClNO2. The summed E-state index contributed by atoms with van der Waals surface area (Å²) in [4.78, 5) is 10.5. The van der Waals surface area contributed by atoms with E-state index in [0.717, 1.165) is 37.2 Å². The van der Waals surface area contributed by atoms with Gasteiger partial charge in [0.15, 0.2) is 0 Å². The SMILES string of the molecule is CCCCOc1cccc(CCNC(=O)Cl)c1. The molecule has 0 saturated carbocycles. The highest BCUT2D eigenvalue weighted by atomic mass is 35.5. The highest BCUT2D eigenvalue weighted by Crippen LogP contribution is 2.14. The van der Waals surface area contributed by atoms with Gasteiger partial charge in [0.2, 0.25) is 0 Å². The van der Waals surface area contributed by atoms with E-state index in [1.165, 1.54) is 0 Å². The summed E-state index contributed by atoms with van der Waals surface area (Å²) in [5.74, 6) is 0.883. The summed E-state index contributed by atoms with van der Waals surface area (Å²) < 4.78 is 5.60. The molecule has 0 aliphatic heterocycles. The molecule has 0 aliphatic rings. The van der Waals surface area contributed by atoms with Crippen LogP contribution < -0.4 is 10.1 Å². The summed E-state index contributed by atoms with van der Waals surface area (Å²) in [5.41, 5.74) is 1.13. The first-order valence-electron chi connectivity index (χ1n) is 5.87. The molecule has 0 aromatic heterocycles. The van der Waals surface area contributed by atoms with Gasteiger partial charge < -0.3 is 10.1 Å². The Morgan fingerprint density at radius 3 is 3.00 bits per heavy atom. The van der Waals surface area contributed by atoms with Gasteiger partial charge in [-0.15, -0.1) is 0 Å². The maximum atomic E-state index is 10.5. The van der Waals surface area contributed by atoms with Gasteiger partial charge in [-0.05, 0) is 42.1 Å². The maximum Gasteiger partial charge on any atom is 0.313 e. The fourth-order valence-electron chi connectivity index (χ4n) is 1.43. The smallest absolute Gasteiger partial charge is 0.313 e. The van der Waals surface area contributed by atoms with Gasteiger partial charge in [-0.2, -0.15) is 0 Å². The molecule has 0 heterocycles. The van der Waals surface area contributed by atoms with Crippen molar-refractivity contribution in [2.24, 2.45) is 0 Å². The highest BCUT2D eigenvalue weighted by molar-refractivity contribution is 6.62. The largest absolute Gasteiger partial charge is 0.494 e. The Morgan fingerprint density at radius 2 is 2.29 bits per heavy atom. The third-order valence-corrected chi connectivity index (χ3v) is 2.48. The second kappa shape index (κ2) is 7.96. The number of benzene rings is 1. The minimum absolute atomic E-state index is 0.514. The van der Waals surface area contributed by atoms with E-state index in [4.69, 9.17) is 16.3 Å². The molecule has 0 unspecified atom stereocenters. The summed E-state index contributed by atoms with van der Waals surface area (Å²) in [6.45, 7) is 3.42. The van der Waals surface area contributed by atoms with Gasteiger partial charge in [0.25, 0.3) is 0 Å². The Morgan fingerprint density at radius 1 is 1.47 bits per heavy atom. The summed E-state index contributed by atoms with van der Waals surface area (Å²) in [7, 11) is 0. The van der Waals surface area contributed by atoms with Crippen molar-refractivity contribution in [2.75, 3.05) is 13.2 Å². The van der Waals surface area contributed by atoms with E-state index in [2.05, 4.69) is 12.2 Å². The Kier molecular flexibility index (Phi) is 6.48. The normalized spacial score (nSPS) is 10.0. The van der Waals surface area contributed by atoms with Crippen LogP contribution in [0.25, 0.3) is 0 Å². The fraction of sp³-hybridized carbons (Fsp3) is 0.462. The van der Waals surface area contributed by atoms with Crippen molar-refractivity contribution in [3.05, 3.63) is 29.8 Å². The summed E-state index contributed by atoms with van der Waals surface area (Å²) >= 11 is 5.19. The van der Waals surface area contributed by atoms with E-state index in [1.807, 2.05) is 24.3 Å². The van der Waals surface area contributed by atoms with Gasteiger partial charge in [0, 0.05) is 6.54 Å². The zero-order valence-corrected chi connectivity index (χ0v) is 10.8. The van der Waals surface area contributed by atoms with Crippen molar-refractivity contribution < 1.29 is 9.53 Å². The summed E-state index contributed by atoms with van der Waals surface area (Å²) in [6, 6.07) is 7.90. The van der Waals surface area contributed by atoms with Crippen molar-refractivity contribution >= 4 is 17.0 Å². The van der Waals surface area contributed by atoms with Crippen LogP contribution in [0.5, 0.6) is 5.75 Å². The molecule has 17 heavy (non-hydrogen) atoms. The average Bonchev–Trinajstić information content (AvgIpc) is 2.29. The van der Waals surface area contributed by atoms with Crippen LogP contribution >= 0.6 is 11.6 Å². The molecule has 1 aromatic carbocycles. The van der Waals surface area contributed by atoms with Crippen LogP contribution in [0, 0.1) is 0 Å². The topological polar surface area (TPSA) is 38.3 Å². The van der Waals surface area contributed by atoms with Crippen molar-refractivity contribution in [2.45, 2.75) is 26.2 Å². The molecule has 0 aliphatic carbocycles. The van der Waals surface area contributed by atoms with Crippen LogP contribution in [0.15, 0.2) is 24.3 Å². The lowest BCUT2D eigenvalue weighted by molar-refractivity contribution is 0.260. The zero-order chi connectivity index (χ0) is 12.5. The maximum absolute atomic E-state index is 10.5. The van der Waals surface area contributed by atoms with Crippen molar-refractivity contribution in [1.29, 1.82) is 0 Å². The highest BCUT2D eigenvalue weighted by Gasteiger charge is 1.98. The third kappa shape index (κ3) is 6.17. The van der Waals surface area contributed by atoms with Gasteiger partial charge in [-0.1, -0.05) is 25.5 Å². The third-order valence-electron chi connectivity index (χ3n) is 2.34. The van der Waals surface area contributed by atoms with Crippen LogP contribution in [-0.4, -0.2) is 18.5 Å². The molecule has 0 saturated heterocycles. The van der Waals surface area contributed by atoms with E-state index in [0.29, 0.717) is 6.54 Å². The lowest BCUT2D eigenvalue weighted by Gasteiger charge is -2.07. The quantitative estimate of drug-likeness (QED) is 0.461. The number of hydrogen-bond donors (Lipinski definition) is 1. The minimum Gasteiger partial charge on any atom is -0.494 e. The van der Waals surface area contributed by atoms with Crippen molar-refractivity contribution in [3.63, 3.8) is 0 Å². The van der Waals surface area contributed by atoms with Crippen LogP contribution in [0.1, 0.15) is 25.3 Å². The Balaban J connectivity index is 2.39. The van der Waals surface area contributed by atoms with Gasteiger partial charge in [-0.3, -0.25) is 4.79 Å². The Labute approximate surface area is 107 Å². The molecule has 0 bridgehead atoms. The van der Waals surface area contributed by atoms with Gasteiger partial charge in [-0.25, -0.2) is 0 Å². The van der Waals surface area contributed by atoms with Gasteiger partial charge in [0.05, 0.1) is 6.61 Å². The number of unbranched alkanes of at least 4 members (excludes halogenated alkanes) is 1. The molecular weight excluding hydrogens is 238 g/mol. The van der Waals surface area contributed by atoms with Crippen LogP contribution in [0.3, 0.4) is 0 Å². The minimum atomic E-state index is -0.514. The fourth-order valence-corrected chi connectivity index (χ4v) is 1.52. The second-order valence-electron chi connectivity index (χ2n) is 3.80. The molecule has 1 N–H and O–H groups in total. The molecule has 94 valence electrons. The molecule has 4 heteroatoms. The number of hydrogen-bond acceptors (Lipinski definition) is 2. The number of ether oxygens (including phenoxy) is 1. The van der Waals surface area contributed by atoms with Gasteiger partial charge >= 0.3 is 5.37 Å². The average molecular weight is 256 g/mol. The number of rotatable bonds is 7. The van der Waals surface area contributed by atoms with E-state index in [-0.39, 0.29) is 0 Å². The number of nitrogens with one attached hydrogen (secondary N) is 1. The van der Waals surface area contributed by atoms with E-state index >= 15 is 0 Å². The molecule has 1 rings (SSSR count). The van der Waals surface area contributed by atoms with Gasteiger partial charge in [0.1, 0.15) is 5.75 Å². The molecule has 0 fully saturated rings. The first kappa shape index (κ1) is 13.8. The molecule has 0 radical (unpaired) electrons. The number of carbonyl (C=O) groups is 1. The molecule has 1 aromatic rings. The van der Waals surface area contributed by atoms with E-state index < -0.39 is 5.37 Å². The first-order chi connectivity index (χ1) is 8.22. The summed E-state index contributed by atoms with van der Waals surface area (Å²) in [5, 5.41) is 2.04. The van der Waals surface area contributed by atoms with Crippen LogP contribution in [0.4, 0.5) is 4.79 Å². The molecule has 3 nitrogen and oxygen atoms in total. The number of halogens is 1. The van der Waals surface area contributed by atoms with Crippen LogP contribution in [0.2, 0.25) is 0 Å². The Hall–Kier alpha value is -1.22. The molecule has 1 amide bonds. The predicted octanol–water partition coefficient (Wildman–Crippen LogP) is 3.36. The number of amides is 1. The lowest BCUT2D eigenvalue weighted by Crippen LogP contribution is -2.19. The van der Waals surface area contributed by atoms with E-state index in [9.17, 15) is 4.79 Å². The predicted molar refractivity (Wildman–Crippen MR) is 69.8 cm³/mol. The lowest BCUT2D eigenvalue weighted by atomic mass is 10.1. The molecule has 0 atom stereocenters. The number of carbonyl (C=O) groups excluding carboxylic acids is 1. The zero-order valence-electron chi connectivity index (χ0n) is 10.0. The van der Waals surface area contributed by atoms with Crippen molar-refractivity contribution in [1.82, 2.24) is 5.32 Å². The van der Waals surface area contributed by atoms with Crippen molar-refractivity contribution in [3.8, 4) is 5.75 Å². The molecule has 0 spiro atoms.